The molecule has 0 aromatic heterocycles. The monoisotopic (exact) mass is 344 g/mol. The first-order valence-electron chi connectivity index (χ1n) is 8.18. The number of likely N-dealkylation sites (tertiary alicyclic amines) is 1. The molecule has 4 nitrogen and oxygen atoms in total. The molecule has 2 aromatic carbocycles. The van der Waals surface area contributed by atoms with Crippen LogP contribution in [-0.4, -0.2) is 30.1 Å². The Morgan fingerprint density at radius 3 is 2.71 bits per heavy atom. The number of amides is 2. The van der Waals surface area contributed by atoms with E-state index in [2.05, 4.69) is 5.32 Å². The van der Waals surface area contributed by atoms with Crippen LogP contribution in [0.4, 0.5) is 10.5 Å². The first-order valence-corrected chi connectivity index (χ1v) is 8.56. The number of hydrogen-bond acceptors (Lipinski definition) is 2. The Kier molecular flexibility index (Phi) is 5.72. The summed E-state index contributed by atoms with van der Waals surface area (Å²) in [6.45, 7) is 1.83. The second kappa shape index (κ2) is 8.18. The van der Waals surface area contributed by atoms with E-state index in [0.717, 1.165) is 30.6 Å². The molecule has 126 valence electrons. The van der Waals surface area contributed by atoms with E-state index >= 15 is 0 Å². The molecule has 1 aliphatic heterocycles. The Morgan fingerprint density at radius 2 is 1.92 bits per heavy atom. The Balaban J connectivity index is 1.52. The van der Waals surface area contributed by atoms with Gasteiger partial charge >= 0.3 is 6.03 Å². The van der Waals surface area contributed by atoms with Crippen LogP contribution >= 0.6 is 11.6 Å². The number of rotatable bonds is 4. The molecule has 1 heterocycles. The third-order valence-corrected chi connectivity index (χ3v) is 4.49. The van der Waals surface area contributed by atoms with Crippen LogP contribution in [0.3, 0.4) is 0 Å². The maximum Gasteiger partial charge on any atom is 0.321 e. The Hall–Kier alpha value is -2.04. The van der Waals surface area contributed by atoms with Crippen molar-refractivity contribution in [2.75, 3.05) is 18.4 Å². The maximum absolute atomic E-state index is 12.4. The largest absolute Gasteiger partial charge is 0.372 e. The van der Waals surface area contributed by atoms with Crippen LogP contribution in [0.25, 0.3) is 0 Å². The van der Waals surface area contributed by atoms with Crippen LogP contribution < -0.4 is 5.32 Å². The second-order valence-electron chi connectivity index (χ2n) is 5.91. The average Bonchev–Trinajstić information content (AvgIpc) is 2.62. The molecule has 2 aromatic rings. The van der Waals surface area contributed by atoms with Crippen molar-refractivity contribution < 1.29 is 9.53 Å². The molecule has 0 aliphatic carbocycles. The number of carbonyl (C=O) groups excluding carboxylic acids is 1. The molecule has 5 heteroatoms. The summed E-state index contributed by atoms with van der Waals surface area (Å²) in [5.74, 6) is 0. The number of carbonyl (C=O) groups is 1. The zero-order valence-electron chi connectivity index (χ0n) is 13.5. The number of para-hydroxylation sites is 1. The van der Waals surface area contributed by atoms with Gasteiger partial charge in [0.15, 0.2) is 0 Å². The number of halogens is 1. The number of nitrogens with one attached hydrogen (secondary N) is 1. The molecule has 2 amide bonds. The highest BCUT2D eigenvalue weighted by molar-refractivity contribution is 6.31. The summed E-state index contributed by atoms with van der Waals surface area (Å²) in [6, 6.07) is 17.1. The van der Waals surface area contributed by atoms with Crippen molar-refractivity contribution in [2.24, 2.45) is 0 Å². The van der Waals surface area contributed by atoms with E-state index in [0.29, 0.717) is 18.2 Å². The lowest BCUT2D eigenvalue weighted by atomic mass is 10.1. The first kappa shape index (κ1) is 16.8. The van der Waals surface area contributed by atoms with Gasteiger partial charge < -0.3 is 15.0 Å². The van der Waals surface area contributed by atoms with E-state index in [1.165, 1.54) is 0 Å². The molecular weight excluding hydrogens is 324 g/mol. The molecule has 0 saturated carbocycles. The smallest absolute Gasteiger partial charge is 0.321 e. The molecule has 1 N–H and O–H groups in total. The van der Waals surface area contributed by atoms with Crippen LogP contribution in [0.15, 0.2) is 54.6 Å². The number of ether oxygens (including phenoxy) is 1. The molecule has 0 bridgehead atoms. The van der Waals surface area contributed by atoms with Crippen molar-refractivity contribution >= 4 is 23.3 Å². The number of hydrogen-bond donors (Lipinski definition) is 1. The Labute approximate surface area is 147 Å². The van der Waals surface area contributed by atoms with Crippen LogP contribution in [-0.2, 0) is 11.3 Å². The summed E-state index contributed by atoms with van der Waals surface area (Å²) in [6.07, 6.45) is 1.94. The Bertz CT molecular complexity index is 678. The summed E-state index contributed by atoms with van der Waals surface area (Å²) in [7, 11) is 0. The van der Waals surface area contributed by atoms with Gasteiger partial charge in [-0.15, -0.1) is 0 Å². The lowest BCUT2D eigenvalue weighted by molar-refractivity contribution is 0.00105. The third kappa shape index (κ3) is 4.49. The quantitative estimate of drug-likeness (QED) is 0.883. The topological polar surface area (TPSA) is 41.6 Å². The summed E-state index contributed by atoms with van der Waals surface area (Å²) < 4.78 is 5.97. The molecule has 1 fully saturated rings. The second-order valence-corrected chi connectivity index (χ2v) is 6.32. The number of piperidine rings is 1. The third-order valence-electron chi connectivity index (χ3n) is 4.12. The molecule has 1 atom stereocenters. The minimum atomic E-state index is -0.0766. The number of benzene rings is 2. The molecule has 24 heavy (non-hydrogen) atoms. The van der Waals surface area contributed by atoms with E-state index in [-0.39, 0.29) is 12.1 Å². The van der Waals surface area contributed by atoms with E-state index in [4.69, 9.17) is 16.3 Å². The van der Waals surface area contributed by atoms with Crippen LogP contribution in [0.1, 0.15) is 18.4 Å². The molecule has 0 spiro atoms. The number of anilines is 1. The minimum absolute atomic E-state index is 0.0385. The van der Waals surface area contributed by atoms with Crippen molar-refractivity contribution in [3.63, 3.8) is 0 Å². The predicted octanol–water partition coefficient (Wildman–Crippen LogP) is 4.55. The average molecular weight is 345 g/mol. The first-order chi connectivity index (χ1) is 11.7. The lowest BCUT2D eigenvalue weighted by Crippen LogP contribution is -2.45. The van der Waals surface area contributed by atoms with Gasteiger partial charge in [-0.2, -0.15) is 0 Å². The van der Waals surface area contributed by atoms with Crippen LogP contribution in [0.5, 0.6) is 0 Å². The van der Waals surface area contributed by atoms with Gasteiger partial charge in [0.2, 0.25) is 0 Å². The zero-order valence-corrected chi connectivity index (χ0v) is 14.2. The van der Waals surface area contributed by atoms with Crippen LogP contribution in [0.2, 0.25) is 5.02 Å². The van der Waals surface area contributed by atoms with E-state index in [9.17, 15) is 4.79 Å². The normalized spacial score (nSPS) is 17.5. The standard InChI is InChI=1S/C19H21ClN2O2/c20-18-11-5-4-7-15(18)14-24-17-10-6-12-22(13-17)19(23)21-16-8-2-1-3-9-16/h1-5,7-9,11,17H,6,10,12-14H2,(H,21,23). The molecule has 1 unspecified atom stereocenters. The van der Waals surface area contributed by atoms with Gasteiger partial charge in [0, 0.05) is 23.8 Å². The van der Waals surface area contributed by atoms with Gasteiger partial charge in [-0.3, -0.25) is 0 Å². The van der Waals surface area contributed by atoms with E-state index in [1.807, 2.05) is 59.5 Å². The highest BCUT2D eigenvalue weighted by atomic mass is 35.5. The van der Waals surface area contributed by atoms with Gasteiger partial charge in [0.1, 0.15) is 0 Å². The summed E-state index contributed by atoms with van der Waals surface area (Å²) in [5.41, 5.74) is 1.78. The molecule has 1 saturated heterocycles. The predicted molar refractivity (Wildman–Crippen MR) is 96.3 cm³/mol. The van der Waals surface area contributed by atoms with Crippen molar-refractivity contribution in [3.05, 3.63) is 65.2 Å². The maximum atomic E-state index is 12.4. The fraction of sp³-hybridized carbons (Fsp3) is 0.316. The summed E-state index contributed by atoms with van der Waals surface area (Å²) in [4.78, 5) is 14.2. The molecule has 1 aliphatic rings. The van der Waals surface area contributed by atoms with Crippen molar-refractivity contribution in [1.82, 2.24) is 4.90 Å². The van der Waals surface area contributed by atoms with Crippen molar-refractivity contribution in [3.8, 4) is 0 Å². The fourth-order valence-corrected chi connectivity index (χ4v) is 3.00. The van der Waals surface area contributed by atoms with E-state index < -0.39 is 0 Å². The molecule has 0 radical (unpaired) electrons. The number of urea groups is 1. The Morgan fingerprint density at radius 1 is 1.17 bits per heavy atom. The van der Waals surface area contributed by atoms with Gasteiger partial charge in [0.05, 0.1) is 12.7 Å². The summed E-state index contributed by atoms with van der Waals surface area (Å²) in [5, 5.41) is 3.64. The van der Waals surface area contributed by atoms with Crippen molar-refractivity contribution in [2.45, 2.75) is 25.6 Å². The zero-order chi connectivity index (χ0) is 16.8. The molecular formula is C19H21ClN2O2. The fourth-order valence-electron chi connectivity index (χ4n) is 2.81. The lowest BCUT2D eigenvalue weighted by Gasteiger charge is -2.32. The van der Waals surface area contributed by atoms with Gasteiger partial charge in [-0.1, -0.05) is 48.0 Å². The minimum Gasteiger partial charge on any atom is -0.372 e. The van der Waals surface area contributed by atoms with E-state index in [1.54, 1.807) is 0 Å². The van der Waals surface area contributed by atoms with Crippen LogP contribution in [0, 0.1) is 0 Å². The highest BCUT2D eigenvalue weighted by Crippen LogP contribution is 2.20. The van der Waals surface area contributed by atoms with Gasteiger partial charge in [-0.05, 0) is 36.6 Å². The van der Waals surface area contributed by atoms with Gasteiger partial charge in [0.25, 0.3) is 0 Å². The summed E-state index contributed by atoms with van der Waals surface area (Å²) >= 11 is 6.16. The highest BCUT2D eigenvalue weighted by Gasteiger charge is 2.24. The molecule has 3 rings (SSSR count). The van der Waals surface area contributed by atoms with Crippen molar-refractivity contribution in [1.29, 1.82) is 0 Å². The SMILES string of the molecule is O=C(Nc1ccccc1)N1CCCC(OCc2ccccc2Cl)C1. The number of nitrogens with zero attached hydrogens (tertiary/aromatic N) is 1. The van der Waals surface area contributed by atoms with Gasteiger partial charge in [-0.25, -0.2) is 4.79 Å².